The van der Waals surface area contributed by atoms with Crippen LogP contribution >= 0.6 is 15.9 Å². The van der Waals surface area contributed by atoms with Gasteiger partial charge in [-0.05, 0) is 59.5 Å². The number of ether oxygens (including phenoxy) is 2. The first-order chi connectivity index (χ1) is 14.8. The summed E-state index contributed by atoms with van der Waals surface area (Å²) in [5, 5.41) is 3.35. The molecule has 1 amide bonds. The van der Waals surface area contributed by atoms with E-state index in [1.54, 1.807) is 57.5 Å². The summed E-state index contributed by atoms with van der Waals surface area (Å²) in [5.41, 5.74) is 3.23. The molecule has 0 fully saturated rings. The van der Waals surface area contributed by atoms with E-state index < -0.39 is 11.6 Å². The van der Waals surface area contributed by atoms with E-state index in [1.165, 1.54) is 6.07 Å². The Labute approximate surface area is 188 Å². The zero-order valence-electron chi connectivity index (χ0n) is 17.4. The van der Waals surface area contributed by atoms with E-state index in [0.29, 0.717) is 33.5 Å². The zero-order valence-corrected chi connectivity index (χ0v) is 19.0. The molecule has 3 aromatic rings. The molecule has 0 aliphatic rings. The van der Waals surface area contributed by atoms with E-state index in [0.717, 1.165) is 17.2 Å². The standard InChI is InChI=1S/C24H22BrF2NO3/c1-14-4-19(26)10-22(27)23(14)17-5-15(12-25)6-18(9-17)24(29)28-13-16-7-20(30-2)11-21(8-16)31-3/h4-11H,12-13H2,1-3H3,(H,28,29). The molecule has 0 spiro atoms. The molecule has 0 radical (unpaired) electrons. The number of alkyl halides is 1. The molecule has 3 rings (SSSR count). The Balaban J connectivity index is 1.89. The van der Waals surface area contributed by atoms with Gasteiger partial charge in [0.15, 0.2) is 0 Å². The van der Waals surface area contributed by atoms with E-state index in [4.69, 9.17) is 9.47 Å². The molecule has 0 unspecified atom stereocenters. The van der Waals surface area contributed by atoms with Gasteiger partial charge in [0.05, 0.1) is 14.2 Å². The summed E-state index contributed by atoms with van der Waals surface area (Å²) in [6.07, 6.45) is 0. The van der Waals surface area contributed by atoms with E-state index in [1.807, 2.05) is 0 Å². The van der Waals surface area contributed by atoms with Crippen LogP contribution in [0.5, 0.6) is 11.5 Å². The third-order valence-electron chi connectivity index (χ3n) is 4.81. The molecule has 0 bridgehead atoms. The van der Waals surface area contributed by atoms with Crippen molar-refractivity contribution in [1.82, 2.24) is 5.32 Å². The van der Waals surface area contributed by atoms with Gasteiger partial charge in [-0.3, -0.25) is 4.79 Å². The molecule has 7 heteroatoms. The number of carbonyl (C=O) groups is 1. The van der Waals surface area contributed by atoms with E-state index in [-0.39, 0.29) is 18.0 Å². The highest BCUT2D eigenvalue weighted by atomic mass is 79.9. The largest absolute Gasteiger partial charge is 0.497 e. The normalized spacial score (nSPS) is 10.6. The van der Waals surface area contributed by atoms with Crippen LogP contribution in [0.1, 0.15) is 27.0 Å². The van der Waals surface area contributed by atoms with E-state index in [2.05, 4.69) is 21.2 Å². The van der Waals surface area contributed by atoms with Crippen molar-refractivity contribution in [3.05, 3.63) is 82.4 Å². The molecule has 4 nitrogen and oxygen atoms in total. The Morgan fingerprint density at radius 2 is 1.61 bits per heavy atom. The van der Waals surface area contributed by atoms with Crippen molar-refractivity contribution in [2.45, 2.75) is 18.8 Å². The van der Waals surface area contributed by atoms with Gasteiger partial charge in [-0.2, -0.15) is 0 Å². The van der Waals surface area contributed by atoms with Crippen molar-refractivity contribution in [3.8, 4) is 22.6 Å². The smallest absolute Gasteiger partial charge is 0.251 e. The monoisotopic (exact) mass is 489 g/mol. The van der Waals surface area contributed by atoms with Crippen LogP contribution in [0, 0.1) is 18.6 Å². The molecule has 0 saturated heterocycles. The molecule has 0 heterocycles. The minimum Gasteiger partial charge on any atom is -0.497 e. The highest BCUT2D eigenvalue weighted by molar-refractivity contribution is 9.08. The number of amides is 1. The average Bonchev–Trinajstić information content (AvgIpc) is 2.76. The number of benzene rings is 3. The van der Waals surface area contributed by atoms with Crippen molar-refractivity contribution < 1.29 is 23.0 Å². The number of halogens is 3. The van der Waals surface area contributed by atoms with Crippen LogP contribution in [0.25, 0.3) is 11.1 Å². The first kappa shape index (κ1) is 22.7. The SMILES string of the molecule is COc1cc(CNC(=O)c2cc(CBr)cc(-c3c(C)cc(F)cc3F)c2)cc(OC)c1. The summed E-state index contributed by atoms with van der Waals surface area (Å²) in [5.74, 6) is -0.379. The molecule has 0 aromatic heterocycles. The number of hydrogen-bond donors (Lipinski definition) is 1. The maximum absolute atomic E-state index is 14.5. The van der Waals surface area contributed by atoms with Crippen LogP contribution in [-0.4, -0.2) is 20.1 Å². The fourth-order valence-corrected chi connectivity index (χ4v) is 3.69. The van der Waals surface area contributed by atoms with Gasteiger partial charge in [0.25, 0.3) is 5.91 Å². The maximum Gasteiger partial charge on any atom is 0.251 e. The van der Waals surface area contributed by atoms with Crippen molar-refractivity contribution in [2.75, 3.05) is 14.2 Å². The number of carbonyl (C=O) groups excluding carboxylic acids is 1. The van der Waals surface area contributed by atoms with Gasteiger partial charge in [-0.1, -0.05) is 22.0 Å². The van der Waals surface area contributed by atoms with Crippen LogP contribution in [0.4, 0.5) is 8.78 Å². The van der Waals surface area contributed by atoms with E-state index >= 15 is 0 Å². The van der Waals surface area contributed by atoms with Gasteiger partial charge in [-0.25, -0.2) is 8.78 Å². The third-order valence-corrected chi connectivity index (χ3v) is 5.46. The first-order valence-electron chi connectivity index (χ1n) is 9.50. The minimum atomic E-state index is -0.668. The van der Waals surface area contributed by atoms with Crippen LogP contribution in [0.3, 0.4) is 0 Å². The van der Waals surface area contributed by atoms with Crippen molar-refractivity contribution >= 4 is 21.8 Å². The van der Waals surface area contributed by atoms with Crippen LogP contribution in [-0.2, 0) is 11.9 Å². The lowest BCUT2D eigenvalue weighted by molar-refractivity contribution is 0.0950. The van der Waals surface area contributed by atoms with Crippen molar-refractivity contribution in [3.63, 3.8) is 0 Å². The Morgan fingerprint density at radius 1 is 0.935 bits per heavy atom. The lowest BCUT2D eigenvalue weighted by atomic mass is 9.96. The van der Waals surface area contributed by atoms with Gasteiger partial charge < -0.3 is 14.8 Å². The predicted octanol–water partition coefficient (Wildman–Crippen LogP) is 5.78. The molecule has 3 aromatic carbocycles. The molecule has 0 atom stereocenters. The summed E-state index contributed by atoms with van der Waals surface area (Å²) in [6.45, 7) is 1.89. The van der Waals surface area contributed by atoms with Crippen LogP contribution in [0.15, 0.2) is 48.5 Å². The second-order valence-electron chi connectivity index (χ2n) is 7.04. The van der Waals surface area contributed by atoms with Crippen molar-refractivity contribution in [1.29, 1.82) is 0 Å². The summed E-state index contributed by atoms with van der Waals surface area (Å²) in [7, 11) is 3.11. The van der Waals surface area contributed by atoms with Gasteiger partial charge in [0.2, 0.25) is 0 Å². The van der Waals surface area contributed by atoms with Gasteiger partial charge in [0, 0.05) is 35.1 Å². The fourth-order valence-electron chi connectivity index (χ4n) is 3.37. The van der Waals surface area contributed by atoms with Gasteiger partial charge in [-0.15, -0.1) is 0 Å². The summed E-state index contributed by atoms with van der Waals surface area (Å²) in [6, 6.07) is 12.6. The number of nitrogens with one attached hydrogen (secondary N) is 1. The molecular weight excluding hydrogens is 468 g/mol. The highest BCUT2D eigenvalue weighted by Crippen LogP contribution is 2.30. The Bertz CT molecular complexity index is 1070. The lowest BCUT2D eigenvalue weighted by Crippen LogP contribution is -2.23. The summed E-state index contributed by atoms with van der Waals surface area (Å²) < 4.78 is 38.5. The van der Waals surface area contributed by atoms with E-state index in [9.17, 15) is 13.6 Å². The molecule has 0 aliphatic heterocycles. The second kappa shape index (κ2) is 9.92. The highest BCUT2D eigenvalue weighted by Gasteiger charge is 2.15. The Hall–Kier alpha value is -2.93. The molecule has 31 heavy (non-hydrogen) atoms. The Morgan fingerprint density at radius 3 is 2.19 bits per heavy atom. The predicted molar refractivity (Wildman–Crippen MR) is 120 cm³/mol. The topological polar surface area (TPSA) is 47.6 Å². The van der Waals surface area contributed by atoms with Crippen LogP contribution < -0.4 is 14.8 Å². The second-order valence-corrected chi connectivity index (χ2v) is 7.60. The lowest BCUT2D eigenvalue weighted by Gasteiger charge is -2.13. The molecular formula is C24H22BrF2NO3. The minimum absolute atomic E-state index is 0.254. The molecule has 1 N–H and O–H groups in total. The molecule has 0 saturated carbocycles. The van der Waals surface area contributed by atoms with Gasteiger partial charge >= 0.3 is 0 Å². The number of rotatable bonds is 7. The summed E-state index contributed by atoms with van der Waals surface area (Å²) in [4.78, 5) is 12.9. The number of hydrogen-bond acceptors (Lipinski definition) is 3. The molecule has 162 valence electrons. The zero-order chi connectivity index (χ0) is 22.5. The fraction of sp³-hybridized carbons (Fsp3) is 0.208. The maximum atomic E-state index is 14.5. The quantitative estimate of drug-likeness (QED) is 0.427. The van der Waals surface area contributed by atoms with Crippen molar-refractivity contribution in [2.24, 2.45) is 0 Å². The Kier molecular flexibility index (Phi) is 7.28. The summed E-state index contributed by atoms with van der Waals surface area (Å²) >= 11 is 3.39. The third kappa shape index (κ3) is 5.41. The number of methoxy groups -OCH3 is 2. The average molecular weight is 490 g/mol. The molecule has 0 aliphatic carbocycles. The first-order valence-corrected chi connectivity index (χ1v) is 10.6. The van der Waals surface area contributed by atoms with Gasteiger partial charge in [0.1, 0.15) is 23.1 Å². The van der Waals surface area contributed by atoms with Crippen LogP contribution in [0.2, 0.25) is 0 Å². The number of aryl methyl sites for hydroxylation is 1.